The Morgan fingerprint density at radius 2 is 1.59 bits per heavy atom. The molecule has 0 unspecified atom stereocenters. The van der Waals surface area contributed by atoms with Crippen molar-refractivity contribution >= 4 is 23.3 Å². The zero-order chi connectivity index (χ0) is 22.5. The van der Waals surface area contributed by atoms with Crippen LogP contribution in [0.15, 0.2) is 42.5 Å². The highest BCUT2D eigenvalue weighted by molar-refractivity contribution is 5.98. The van der Waals surface area contributed by atoms with Crippen LogP contribution in [0.4, 0.5) is 10.1 Å². The Labute approximate surface area is 187 Å². The summed E-state index contributed by atoms with van der Waals surface area (Å²) in [4.78, 5) is 41.0. The van der Waals surface area contributed by atoms with Gasteiger partial charge in [0.1, 0.15) is 5.82 Å². The molecule has 1 heterocycles. The fraction of sp³-hybridized carbons (Fsp3) is 0.400. The number of nitrogens with one attached hydrogen (secondary N) is 1. The molecule has 168 valence electrons. The summed E-state index contributed by atoms with van der Waals surface area (Å²) >= 11 is 0. The number of nitrogens with zero attached hydrogens (tertiary/aromatic N) is 2. The minimum atomic E-state index is -0.349. The van der Waals surface area contributed by atoms with E-state index in [9.17, 15) is 18.8 Å². The van der Waals surface area contributed by atoms with Gasteiger partial charge in [0, 0.05) is 50.3 Å². The van der Waals surface area contributed by atoms with Crippen molar-refractivity contribution < 1.29 is 18.8 Å². The number of carbonyl (C=O) groups is 3. The SMILES string of the molecule is O=C(CN1CCN(C(=O)CCC(=O)c2ccc3c(c2)CCC3)CC1)Nc1ccc(F)cc1. The summed E-state index contributed by atoms with van der Waals surface area (Å²) < 4.78 is 13.0. The Morgan fingerprint density at radius 1 is 0.875 bits per heavy atom. The number of fused-ring (bicyclic) bond motifs is 1. The lowest BCUT2D eigenvalue weighted by molar-refractivity contribution is -0.133. The lowest BCUT2D eigenvalue weighted by atomic mass is 10.0. The van der Waals surface area contributed by atoms with Crippen LogP contribution in [-0.2, 0) is 22.4 Å². The number of amides is 2. The highest BCUT2D eigenvalue weighted by Crippen LogP contribution is 2.23. The molecule has 1 N–H and O–H groups in total. The Bertz CT molecular complexity index is 998. The first-order valence-electron chi connectivity index (χ1n) is 11.2. The number of rotatable bonds is 7. The Hall–Kier alpha value is -3.06. The molecule has 1 saturated heterocycles. The van der Waals surface area contributed by atoms with E-state index >= 15 is 0 Å². The van der Waals surface area contributed by atoms with Gasteiger partial charge in [-0.05, 0) is 60.7 Å². The van der Waals surface area contributed by atoms with Crippen LogP contribution in [-0.4, -0.2) is 60.1 Å². The van der Waals surface area contributed by atoms with Gasteiger partial charge in [-0.1, -0.05) is 12.1 Å². The van der Waals surface area contributed by atoms with E-state index in [1.165, 1.54) is 35.4 Å². The number of anilines is 1. The Morgan fingerprint density at radius 3 is 2.34 bits per heavy atom. The fourth-order valence-electron chi connectivity index (χ4n) is 4.36. The second-order valence-corrected chi connectivity index (χ2v) is 8.47. The van der Waals surface area contributed by atoms with E-state index in [2.05, 4.69) is 5.32 Å². The van der Waals surface area contributed by atoms with Crippen LogP contribution in [0.1, 0.15) is 40.7 Å². The average Bonchev–Trinajstić information content (AvgIpc) is 3.27. The maximum absolute atomic E-state index is 13.0. The van der Waals surface area contributed by atoms with Gasteiger partial charge in [-0.2, -0.15) is 0 Å². The summed E-state index contributed by atoms with van der Waals surface area (Å²) in [6, 6.07) is 11.6. The number of halogens is 1. The van der Waals surface area contributed by atoms with Crippen LogP contribution in [0.5, 0.6) is 0 Å². The van der Waals surface area contributed by atoms with Crippen molar-refractivity contribution in [3.63, 3.8) is 0 Å². The number of aryl methyl sites for hydroxylation is 2. The number of hydrogen-bond acceptors (Lipinski definition) is 4. The Balaban J connectivity index is 1.18. The number of hydrogen-bond donors (Lipinski definition) is 1. The van der Waals surface area contributed by atoms with Gasteiger partial charge in [-0.25, -0.2) is 4.39 Å². The second kappa shape index (κ2) is 10.0. The van der Waals surface area contributed by atoms with Crippen LogP contribution in [0.25, 0.3) is 0 Å². The monoisotopic (exact) mass is 437 g/mol. The van der Waals surface area contributed by atoms with Gasteiger partial charge >= 0.3 is 0 Å². The lowest BCUT2D eigenvalue weighted by Gasteiger charge is -2.34. The van der Waals surface area contributed by atoms with Crippen molar-refractivity contribution in [2.45, 2.75) is 32.1 Å². The Kier molecular flexibility index (Phi) is 6.95. The number of ketones is 1. The quantitative estimate of drug-likeness (QED) is 0.676. The molecule has 2 amide bonds. The standard InChI is InChI=1S/C25H28FN3O3/c26-21-6-8-22(9-7-21)27-24(31)17-28-12-14-29(15-13-28)25(32)11-10-23(30)20-5-4-18-2-1-3-19(18)16-20/h4-9,16H,1-3,10-15,17H2,(H,27,31). The van der Waals surface area contributed by atoms with Crippen molar-refractivity contribution in [1.82, 2.24) is 9.80 Å². The van der Waals surface area contributed by atoms with E-state index in [4.69, 9.17) is 0 Å². The van der Waals surface area contributed by atoms with Gasteiger partial charge in [0.25, 0.3) is 0 Å². The normalized spacial score (nSPS) is 16.0. The molecule has 0 saturated carbocycles. The summed E-state index contributed by atoms with van der Waals surface area (Å²) in [5.41, 5.74) is 3.86. The van der Waals surface area contributed by atoms with E-state index in [0.29, 0.717) is 37.4 Å². The van der Waals surface area contributed by atoms with Crippen LogP contribution in [0, 0.1) is 5.82 Å². The third kappa shape index (κ3) is 5.59. The zero-order valence-corrected chi connectivity index (χ0v) is 18.1. The van der Waals surface area contributed by atoms with Gasteiger partial charge in [-0.3, -0.25) is 19.3 Å². The molecule has 7 heteroatoms. The van der Waals surface area contributed by atoms with Crippen molar-refractivity contribution in [3.8, 4) is 0 Å². The maximum Gasteiger partial charge on any atom is 0.238 e. The number of carbonyl (C=O) groups excluding carboxylic acids is 3. The molecule has 2 aromatic carbocycles. The first kappa shape index (κ1) is 22.1. The molecule has 4 rings (SSSR count). The van der Waals surface area contributed by atoms with Gasteiger partial charge in [0.15, 0.2) is 5.78 Å². The molecule has 0 radical (unpaired) electrons. The largest absolute Gasteiger partial charge is 0.340 e. The van der Waals surface area contributed by atoms with E-state index in [0.717, 1.165) is 19.3 Å². The molecule has 1 aliphatic heterocycles. The number of Topliss-reactive ketones (excluding diaryl/α,β-unsaturated/α-hetero) is 1. The summed E-state index contributed by atoms with van der Waals surface area (Å²) in [6.45, 7) is 2.49. The molecule has 0 spiro atoms. The van der Waals surface area contributed by atoms with Gasteiger partial charge in [-0.15, -0.1) is 0 Å². The summed E-state index contributed by atoms with van der Waals surface area (Å²) in [5, 5.41) is 2.75. The van der Waals surface area contributed by atoms with Gasteiger partial charge in [0.2, 0.25) is 11.8 Å². The molecule has 6 nitrogen and oxygen atoms in total. The van der Waals surface area contributed by atoms with Crippen LogP contribution >= 0.6 is 0 Å². The fourth-order valence-corrected chi connectivity index (χ4v) is 4.36. The molecule has 0 atom stereocenters. The highest BCUT2D eigenvalue weighted by Gasteiger charge is 2.23. The van der Waals surface area contributed by atoms with Crippen molar-refractivity contribution in [2.75, 3.05) is 38.0 Å². The third-order valence-electron chi connectivity index (χ3n) is 6.21. The highest BCUT2D eigenvalue weighted by atomic mass is 19.1. The third-order valence-corrected chi connectivity index (χ3v) is 6.21. The topological polar surface area (TPSA) is 69.7 Å². The first-order valence-corrected chi connectivity index (χ1v) is 11.2. The van der Waals surface area contributed by atoms with Crippen molar-refractivity contribution in [2.24, 2.45) is 0 Å². The van der Waals surface area contributed by atoms with Crippen molar-refractivity contribution in [1.29, 1.82) is 0 Å². The maximum atomic E-state index is 13.0. The average molecular weight is 438 g/mol. The van der Waals surface area contributed by atoms with Gasteiger partial charge < -0.3 is 10.2 Å². The molecule has 1 aliphatic carbocycles. The molecule has 1 fully saturated rings. The molecule has 32 heavy (non-hydrogen) atoms. The van der Waals surface area contributed by atoms with E-state index < -0.39 is 0 Å². The number of benzene rings is 2. The predicted octanol–water partition coefficient (Wildman–Crippen LogP) is 3.06. The molecule has 0 bridgehead atoms. The number of piperazine rings is 1. The molecule has 2 aromatic rings. The summed E-state index contributed by atoms with van der Waals surface area (Å²) in [7, 11) is 0. The van der Waals surface area contributed by atoms with E-state index in [1.807, 2.05) is 23.1 Å². The van der Waals surface area contributed by atoms with E-state index in [-0.39, 0.29) is 42.8 Å². The van der Waals surface area contributed by atoms with E-state index in [1.54, 1.807) is 4.90 Å². The molecule has 0 aromatic heterocycles. The van der Waals surface area contributed by atoms with Crippen LogP contribution in [0.2, 0.25) is 0 Å². The lowest BCUT2D eigenvalue weighted by Crippen LogP contribution is -2.50. The minimum absolute atomic E-state index is 0.0177. The predicted molar refractivity (Wildman–Crippen MR) is 120 cm³/mol. The first-order chi connectivity index (χ1) is 15.5. The molecular formula is C25H28FN3O3. The smallest absolute Gasteiger partial charge is 0.238 e. The summed E-state index contributed by atoms with van der Waals surface area (Å²) in [6.07, 6.45) is 3.69. The van der Waals surface area contributed by atoms with Crippen LogP contribution in [0.3, 0.4) is 0 Å². The van der Waals surface area contributed by atoms with Crippen LogP contribution < -0.4 is 5.32 Å². The van der Waals surface area contributed by atoms with Gasteiger partial charge in [0.05, 0.1) is 6.54 Å². The summed E-state index contributed by atoms with van der Waals surface area (Å²) in [5.74, 6) is -0.520. The van der Waals surface area contributed by atoms with Crippen molar-refractivity contribution in [3.05, 3.63) is 65.0 Å². The molecular weight excluding hydrogens is 409 g/mol. The molecule has 2 aliphatic rings. The second-order valence-electron chi connectivity index (χ2n) is 8.47. The zero-order valence-electron chi connectivity index (χ0n) is 18.1. The minimum Gasteiger partial charge on any atom is -0.340 e.